The van der Waals surface area contributed by atoms with Crippen molar-refractivity contribution in [1.82, 2.24) is 4.98 Å². The van der Waals surface area contributed by atoms with Gasteiger partial charge >= 0.3 is 0 Å². The summed E-state index contributed by atoms with van der Waals surface area (Å²) < 4.78 is 13.6. The van der Waals surface area contributed by atoms with Crippen molar-refractivity contribution in [2.45, 2.75) is 0 Å². The van der Waals surface area contributed by atoms with E-state index in [-0.39, 0.29) is 5.82 Å². The molecule has 3 aromatic rings. The van der Waals surface area contributed by atoms with Crippen molar-refractivity contribution in [1.29, 1.82) is 0 Å². The molecule has 3 nitrogen and oxygen atoms in total. The van der Waals surface area contributed by atoms with E-state index in [9.17, 15) is 4.39 Å². The molecule has 0 saturated heterocycles. The van der Waals surface area contributed by atoms with Gasteiger partial charge in [0.25, 0.3) is 0 Å². The van der Waals surface area contributed by atoms with Gasteiger partial charge in [-0.25, -0.2) is 4.39 Å². The van der Waals surface area contributed by atoms with Crippen LogP contribution in [0.25, 0.3) is 10.9 Å². The fourth-order valence-corrected chi connectivity index (χ4v) is 1.99. The van der Waals surface area contributed by atoms with Crippen LogP contribution in [0.1, 0.15) is 0 Å². The Kier molecular flexibility index (Phi) is 2.76. The quantitative estimate of drug-likeness (QED) is 0.685. The number of pyridine rings is 1. The smallest absolute Gasteiger partial charge is 0.146 e. The molecule has 0 fully saturated rings. The second-order valence-electron chi connectivity index (χ2n) is 4.20. The molecule has 0 aliphatic carbocycles. The largest absolute Gasteiger partial charge is 0.396 e. The third-order valence-electron chi connectivity index (χ3n) is 2.97. The van der Waals surface area contributed by atoms with Crippen molar-refractivity contribution in [3.63, 3.8) is 0 Å². The molecule has 0 atom stereocenters. The van der Waals surface area contributed by atoms with Crippen molar-refractivity contribution in [3.8, 4) is 0 Å². The molecular formula is C15H12FN3. The summed E-state index contributed by atoms with van der Waals surface area (Å²) in [5.41, 5.74) is 8.55. The van der Waals surface area contributed by atoms with Crippen LogP contribution in [-0.4, -0.2) is 4.98 Å². The number of rotatable bonds is 2. The van der Waals surface area contributed by atoms with Crippen LogP contribution in [0.15, 0.2) is 54.7 Å². The van der Waals surface area contributed by atoms with Crippen LogP contribution in [0.3, 0.4) is 0 Å². The number of nitrogens with zero attached hydrogens (tertiary/aromatic N) is 1. The molecule has 4 heteroatoms. The van der Waals surface area contributed by atoms with Crippen LogP contribution in [0.4, 0.5) is 21.5 Å². The first-order chi connectivity index (χ1) is 9.25. The number of nitrogen functional groups attached to an aromatic ring is 1. The van der Waals surface area contributed by atoms with Gasteiger partial charge in [-0.05, 0) is 36.4 Å². The minimum absolute atomic E-state index is 0.312. The summed E-state index contributed by atoms with van der Waals surface area (Å²) >= 11 is 0. The molecular weight excluding hydrogens is 241 g/mol. The van der Waals surface area contributed by atoms with E-state index in [1.165, 1.54) is 6.07 Å². The van der Waals surface area contributed by atoms with Crippen molar-refractivity contribution in [2.75, 3.05) is 11.1 Å². The molecule has 0 spiro atoms. The van der Waals surface area contributed by atoms with E-state index in [1.807, 2.05) is 18.2 Å². The summed E-state index contributed by atoms with van der Waals surface area (Å²) in [6.07, 6.45) is 1.71. The number of hydrogen-bond donors (Lipinski definition) is 2. The lowest BCUT2D eigenvalue weighted by molar-refractivity contribution is 0.632. The first kappa shape index (κ1) is 11.5. The summed E-state index contributed by atoms with van der Waals surface area (Å²) in [7, 11) is 0. The fourth-order valence-electron chi connectivity index (χ4n) is 1.99. The minimum atomic E-state index is -0.312. The lowest BCUT2D eigenvalue weighted by Gasteiger charge is -2.11. The van der Waals surface area contributed by atoms with Crippen LogP contribution < -0.4 is 11.1 Å². The van der Waals surface area contributed by atoms with Crippen LogP contribution in [0, 0.1) is 5.82 Å². The highest BCUT2D eigenvalue weighted by atomic mass is 19.1. The Morgan fingerprint density at radius 3 is 2.63 bits per heavy atom. The maximum atomic E-state index is 13.6. The molecule has 19 heavy (non-hydrogen) atoms. The van der Waals surface area contributed by atoms with Crippen LogP contribution in [-0.2, 0) is 0 Å². The van der Waals surface area contributed by atoms with E-state index in [2.05, 4.69) is 10.3 Å². The van der Waals surface area contributed by atoms with Gasteiger partial charge in [-0.15, -0.1) is 0 Å². The van der Waals surface area contributed by atoms with E-state index in [4.69, 9.17) is 5.73 Å². The second kappa shape index (κ2) is 4.57. The SMILES string of the molecule is Nc1c(Nc2ccccc2F)ccc2ncccc12. The van der Waals surface area contributed by atoms with Gasteiger partial charge in [0, 0.05) is 11.6 Å². The van der Waals surface area contributed by atoms with Crippen molar-refractivity contribution >= 4 is 28.0 Å². The fraction of sp³-hybridized carbons (Fsp3) is 0. The van der Waals surface area contributed by atoms with E-state index in [1.54, 1.807) is 30.5 Å². The highest BCUT2D eigenvalue weighted by molar-refractivity contribution is 5.97. The Bertz CT molecular complexity index is 740. The van der Waals surface area contributed by atoms with Crippen molar-refractivity contribution < 1.29 is 4.39 Å². The van der Waals surface area contributed by atoms with Crippen LogP contribution in [0.2, 0.25) is 0 Å². The Labute approximate surface area is 109 Å². The third kappa shape index (κ3) is 2.08. The van der Waals surface area contributed by atoms with E-state index in [0.717, 1.165) is 10.9 Å². The zero-order valence-corrected chi connectivity index (χ0v) is 10.1. The Morgan fingerprint density at radius 2 is 1.79 bits per heavy atom. The zero-order valence-electron chi connectivity index (χ0n) is 10.1. The Hall–Kier alpha value is -2.62. The van der Waals surface area contributed by atoms with Gasteiger partial charge in [0.1, 0.15) is 5.82 Å². The average molecular weight is 253 g/mol. The number of aromatic nitrogens is 1. The average Bonchev–Trinajstić information content (AvgIpc) is 2.44. The second-order valence-corrected chi connectivity index (χ2v) is 4.20. The maximum Gasteiger partial charge on any atom is 0.146 e. The lowest BCUT2D eigenvalue weighted by Crippen LogP contribution is -1.99. The van der Waals surface area contributed by atoms with E-state index in [0.29, 0.717) is 17.1 Å². The third-order valence-corrected chi connectivity index (χ3v) is 2.97. The van der Waals surface area contributed by atoms with Gasteiger partial charge in [0.15, 0.2) is 0 Å². The topological polar surface area (TPSA) is 50.9 Å². The predicted molar refractivity (Wildman–Crippen MR) is 75.8 cm³/mol. The first-order valence-corrected chi connectivity index (χ1v) is 5.90. The van der Waals surface area contributed by atoms with Gasteiger partial charge in [-0.2, -0.15) is 0 Å². The number of benzene rings is 2. The van der Waals surface area contributed by atoms with Gasteiger partial charge < -0.3 is 11.1 Å². The highest BCUT2D eigenvalue weighted by Gasteiger charge is 2.07. The number of anilines is 3. The predicted octanol–water partition coefficient (Wildman–Crippen LogP) is 3.70. The number of nitrogens with one attached hydrogen (secondary N) is 1. The molecule has 2 aromatic carbocycles. The molecule has 1 aromatic heterocycles. The van der Waals surface area contributed by atoms with E-state index >= 15 is 0 Å². The Morgan fingerprint density at radius 1 is 0.947 bits per heavy atom. The summed E-state index contributed by atoms with van der Waals surface area (Å²) in [4.78, 5) is 4.23. The maximum absolute atomic E-state index is 13.6. The number of nitrogens with two attached hydrogens (primary N) is 1. The standard InChI is InChI=1S/C15H12FN3/c16-11-5-1-2-6-13(11)19-14-8-7-12-10(15(14)17)4-3-9-18-12/h1-9,19H,17H2. The molecule has 3 N–H and O–H groups in total. The molecule has 0 unspecified atom stereocenters. The molecule has 0 bridgehead atoms. The summed E-state index contributed by atoms with van der Waals surface area (Å²) in [6.45, 7) is 0. The molecule has 0 amide bonds. The molecule has 0 radical (unpaired) electrons. The monoisotopic (exact) mass is 253 g/mol. The van der Waals surface area contributed by atoms with Gasteiger partial charge in [-0.1, -0.05) is 12.1 Å². The summed E-state index contributed by atoms with van der Waals surface area (Å²) in [6, 6.07) is 13.9. The van der Waals surface area contributed by atoms with E-state index < -0.39 is 0 Å². The number of fused-ring (bicyclic) bond motifs is 1. The minimum Gasteiger partial charge on any atom is -0.396 e. The highest BCUT2D eigenvalue weighted by Crippen LogP contribution is 2.30. The van der Waals surface area contributed by atoms with Gasteiger partial charge in [0.05, 0.1) is 22.6 Å². The van der Waals surface area contributed by atoms with Gasteiger partial charge in [-0.3, -0.25) is 4.98 Å². The molecule has 94 valence electrons. The molecule has 0 aliphatic heterocycles. The number of hydrogen-bond acceptors (Lipinski definition) is 3. The molecule has 3 rings (SSSR count). The molecule has 0 aliphatic rings. The number of para-hydroxylation sites is 1. The van der Waals surface area contributed by atoms with Crippen LogP contribution >= 0.6 is 0 Å². The number of halogens is 1. The molecule has 0 saturated carbocycles. The zero-order chi connectivity index (χ0) is 13.2. The Balaban J connectivity index is 2.07. The lowest BCUT2D eigenvalue weighted by atomic mass is 10.1. The molecule has 1 heterocycles. The first-order valence-electron chi connectivity index (χ1n) is 5.90. The van der Waals surface area contributed by atoms with Crippen molar-refractivity contribution in [2.24, 2.45) is 0 Å². The summed E-state index contributed by atoms with van der Waals surface area (Å²) in [5.74, 6) is -0.312. The van der Waals surface area contributed by atoms with Crippen LogP contribution in [0.5, 0.6) is 0 Å². The summed E-state index contributed by atoms with van der Waals surface area (Å²) in [5, 5.41) is 3.86. The normalized spacial score (nSPS) is 10.6. The van der Waals surface area contributed by atoms with Gasteiger partial charge in [0.2, 0.25) is 0 Å². The van der Waals surface area contributed by atoms with Crippen molar-refractivity contribution in [3.05, 3.63) is 60.5 Å².